The first-order valence-corrected chi connectivity index (χ1v) is 12.8. The summed E-state index contributed by atoms with van der Waals surface area (Å²) in [5, 5.41) is 12.1. The maximum atomic E-state index is 13.2. The van der Waals surface area contributed by atoms with E-state index in [1.165, 1.54) is 12.1 Å². The average molecular weight is 583 g/mol. The van der Waals surface area contributed by atoms with E-state index < -0.39 is 12.0 Å². The van der Waals surface area contributed by atoms with E-state index in [4.69, 9.17) is 16.3 Å². The van der Waals surface area contributed by atoms with Crippen LogP contribution in [0.1, 0.15) is 31.1 Å². The van der Waals surface area contributed by atoms with E-state index in [1.807, 2.05) is 6.07 Å². The Balaban J connectivity index is 1.58. The minimum Gasteiger partial charge on any atom is -0.477 e. The van der Waals surface area contributed by atoms with Crippen LogP contribution in [0.5, 0.6) is 5.88 Å². The topological polar surface area (TPSA) is 71.4 Å². The van der Waals surface area contributed by atoms with Gasteiger partial charge in [-0.25, -0.2) is 19.3 Å². The van der Waals surface area contributed by atoms with Crippen LogP contribution in [0.3, 0.4) is 0 Å². The van der Waals surface area contributed by atoms with Gasteiger partial charge in [-0.15, -0.1) is 0 Å². The Morgan fingerprint density at radius 3 is 2.76 bits per heavy atom. The van der Waals surface area contributed by atoms with Crippen LogP contribution in [0.4, 0.5) is 4.39 Å². The summed E-state index contributed by atoms with van der Waals surface area (Å²) >= 11 is 8.69. The third-order valence-corrected chi connectivity index (χ3v) is 6.78. The van der Waals surface area contributed by atoms with Gasteiger partial charge in [0.05, 0.1) is 12.8 Å². The predicted octanol–water partition coefficient (Wildman–Crippen LogP) is 5.31. The van der Waals surface area contributed by atoms with Crippen LogP contribution in [0.25, 0.3) is 11.4 Å². The summed E-state index contributed by atoms with van der Waals surface area (Å²) in [5.74, 6) is 0.760. The van der Waals surface area contributed by atoms with Crippen LogP contribution in [0.15, 0.2) is 55.0 Å². The van der Waals surface area contributed by atoms with Gasteiger partial charge in [-0.3, -0.25) is 4.90 Å². The van der Waals surface area contributed by atoms with E-state index in [0.717, 1.165) is 42.0 Å². The van der Waals surface area contributed by atoms with Crippen LogP contribution in [-0.4, -0.2) is 48.6 Å². The summed E-state index contributed by atoms with van der Waals surface area (Å²) in [7, 11) is 0. The Hall–Kier alpha value is -1.88. The summed E-state index contributed by atoms with van der Waals surface area (Å²) in [6.45, 7) is 1.21. The zero-order valence-corrected chi connectivity index (χ0v) is 20.9. The number of hydrogen-bond donors (Lipinski definition) is 1. The first-order chi connectivity index (χ1) is 16.1. The SMILES string of the molecule is OC(c1cc(Cl)ccc1-c1ncccn1)N1CCCC(COc2ccc(F)cn2)C1CCI. The first-order valence-electron chi connectivity index (χ1n) is 10.9. The van der Waals surface area contributed by atoms with Crippen LogP contribution < -0.4 is 4.74 Å². The summed E-state index contributed by atoms with van der Waals surface area (Å²) in [6.07, 6.45) is 6.48. The zero-order valence-electron chi connectivity index (χ0n) is 17.9. The van der Waals surface area contributed by atoms with Crippen LogP contribution in [0.2, 0.25) is 5.02 Å². The molecule has 3 atom stereocenters. The Morgan fingerprint density at radius 2 is 2.03 bits per heavy atom. The number of alkyl halides is 1. The Labute approximate surface area is 211 Å². The minimum absolute atomic E-state index is 0.106. The molecule has 1 aliphatic heterocycles. The lowest BCUT2D eigenvalue weighted by Crippen LogP contribution is -2.49. The summed E-state index contributed by atoms with van der Waals surface area (Å²) < 4.78 is 20.0. The summed E-state index contributed by atoms with van der Waals surface area (Å²) in [6, 6.07) is 10.2. The number of aliphatic hydroxyl groups is 1. The van der Waals surface area contributed by atoms with Gasteiger partial charge >= 0.3 is 0 Å². The van der Waals surface area contributed by atoms with Gasteiger partial charge in [0.25, 0.3) is 0 Å². The van der Waals surface area contributed by atoms with Crippen molar-refractivity contribution in [1.29, 1.82) is 0 Å². The monoisotopic (exact) mass is 582 g/mol. The average Bonchev–Trinajstić information content (AvgIpc) is 2.84. The summed E-state index contributed by atoms with van der Waals surface area (Å²) in [4.78, 5) is 14.9. The maximum absolute atomic E-state index is 13.2. The van der Waals surface area contributed by atoms with Gasteiger partial charge in [0.1, 0.15) is 12.0 Å². The second kappa shape index (κ2) is 11.5. The number of hydrogen-bond acceptors (Lipinski definition) is 6. The molecule has 3 heterocycles. The van der Waals surface area contributed by atoms with Gasteiger partial charge in [0, 0.05) is 57.5 Å². The molecule has 0 radical (unpaired) electrons. The van der Waals surface area contributed by atoms with E-state index in [2.05, 4.69) is 42.4 Å². The highest BCUT2D eigenvalue weighted by atomic mass is 127. The lowest BCUT2D eigenvalue weighted by molar-refractivity contribution is -0.0690. The highest BCUT2D eigenvalue weighted by Gasteiger charge is 2.36. The predicted molar refractivity (Wildman–Crippen MR) is 134 cm³/mol. The molecule has 3 aromatic rings. The molecule has 1 N–H and O–H groups in total. The molecule has 1 saturated heterocycles. The van der Waals surface area contributed by atoms with Crippen molar-refractivity contribution < 1.29 is 14.2 Å². The van der Waals surface area contributed by atoms with Gasteiger partial charge in [-0.05, 0) is 49.6 Å². The van der Waals surface area contributed by atoms with E-state index in [-0.39, 0.29) is 12.0 Å². The smallest absolute Gasteiger partial charge is 0.213 e. The fourth-order valence-electron chi connectivity index (χ4n) is 4.38. The molecule has 1 aromatic carbocycles. The number of ether oxygens (including phenoxy) is 1. The lowest BCUT2D eigenvalue weighted by atomic mass is 9.87. The molecule has 0 saturated carbocycles. The van der Waals surface area contributed by atoms with Crippen molar-refractivity contribution in [3.63, 3.8) is 0 Å². The number of rotatable bonds is 8. The zero-order chi connectivity index (χ0) is 23.2. The van der Waals surface area contributed by atoms with E-state index in [0.29, 0.717) is 28.9 Å². The molecular formula is C24H25ClFIN4O2. The third-order valence-electron chi connectivity index (χ3n) is 5.92. The second-order valence-electron chi connectivity index (χ2n) is 7.99. The molecule has 0 bridgehead atoms. The molecule has 0 spiro atoms. The Morgan fingerprint density at radius 1 is 1.21 bits per heavy atom. The van der Waals surface area contributed by atoms with Gasteiger partial charge < -0.3 is 9.84 Å². The van der Waals surface area contributed by atoms with Crippen molar-refractivity contribution >= 4 is 34.2 Å². The molecular weight excluding hydrogens is 558 g/mol. The van der Waals surface area contributed by atoms with E-state index in [9.17, 15) is 9.50 Å². The molecule has 1 fully saturated rings. The number of pyridine rings is 1. The van der Waals surface area contributed by atoms with Gasteiger partial charge in [0.2, 0.25) is 5.88 Å². The molecule has 3 unspecified atom stereocenters. The first kappa shape index (κ1) is 24.3. The Bertz CT molecular complexity index is 1040. The fraction of sp³-hybridized carbons (Fsp3) is 0.375. The molecule has 4 rings (SSSR count). The lowest BCUT2D eigenvalue weighted by Gasteiger charge is -2.44. The van der Waals surface area contributed by atoms with Crippen molar-refractivity contribution in [2.24, 2.45) is 5.92 Å². The van der Waals surface area contributed by atoms with Crippen molar-refractivity contribution in [2.45, 2.75) is 31.5 Å². The molecule has 0 amide bonds. The summed E-state index contributed by atoms with van der Waals surface area (Å²) in [5.41, 5.74) is 1.45. The normalized spacial score (nSPS) is 19.9. The second-order valence-corrected chi connectivity index (χ2v) is 9.50. The number of aromatic nitrogens is 3. The fourth-order valence-corrected chi connectivity index (χ4v) is 5.20. The number of halogens is 3. The van der Waals surface area contributed by atoms with Crippen molar-refractivity contribution in [3.05, 3.63) is 71.4 Å². The van der Waals surface area contributed by atoms with Gasteiger partial charge in [-0.2, -0.15) is 0 Å². The largest absolute Gasteiger partial charge is 0.477 e. The van der Waals surface area contributed by atoms with Crippen molar-refractivity contribution in [1.82, 2.24) is 19.9 Å². The van der Waals surface area contributed by atoms with Crippen LogP contribution >= 0.6 is 34.2 Å². The quantitative estimate of drug-likeness (QED) is 0.287. The number of nitrogens with zero attached hydrogens (tertiary/aromatic N) is 4. The third kappa shape index (κ3) is 5.98. The molecule has 6 nitrogen and oxygen atoms in total. The van der Waals surface area contributed by atoms with E-state index >= 15 is 0 Å². The number of likely N-dealkylation sites (tertiary alicyclic amines) is 1. The Kier molecular flexibility index (Phi) is 8.45. The van der Waals surface area contributed by atoms with Gasteiger partial charge in [0.15, 0.2) is 5.82 Å². The van der Waals surface area contributed by atoms with Crippen LogP contribution in [0, 0.1) is 11.7 Å². The molecule has 33 heavy (non-hydrogen) atoms. The van der Waals surface area contributed by atoms with Crippen LogP contribution in [-0.2, 0) is 0 Å². The highest BCUT2D eigenvalue weighted by Crippen LogP contribution is 2.37. The highest BCUT2D eigenvalue weighted by molar-refractivity contribution is 14.1. The molecule has 174 valence electrons. The van der Waals surface area contributed by atoms with Crippen molar-refractivity contribution in [2.75, 3.05) is 17.6 Å². The minimum atomic E-state index is -0.859. The maximum Gasteiger partial charge on any atom is 0.213 e. The molecule has 0 aliphatic carbocycles. The molecule has 2 aromatic heterocycles. The van der Waals surface area contributed by atoms with Gasteiger partial charge in [-0.1, -0.05) is 34.2 Å². The van der Waals surface area contributed by atoms with Crippen molar-refractivity contribution in [3.8, 4) is 17.3 Å². The molecule has 9 heteroatoms. The van der Waals surface area contributed by atoms with E-state index in [1.54, 1.807) is 30.6 Å². The molecule has 1 aliphatic rings. The number of benzene rings is 1. The number of aliphatic hydroxyl groups excluding tert-OH is 1. The standard InChI is InChI=1S/C24H25ClFIN4O2/c25-17-4-6-19(23-28-10-2-11-29-23)20(13-17)24(32)31-12-1-3-16(21(31)8-9-27)15-33-22-7-5-18(26)14-30-22/h2,4-7,10-11,13-14,16,21,24,32H,1,3,8-9,12,15H2. The number of piperidine rings is 1.